The molecule has 0 N–H and O–H groups in total. The molecule has 0 rings (SSSR count). The molecule has 170 valence electrons. The highest BCUT2D eigenvalue weighted by Gasteiger charge is 2.44. The first-order valence-corrected chi connectivity index (χ1v) is 12.0. The van der Waals surface area contributed by atoms with Gasteiger partial charge in [0.2, 0.25) is 0 Å². The van der Waals surface area contributed by atoms with E-state index in [2.05, 4.69) is 40.5 Å². The first-order chi connectivity index (χ1) is 13.0. The van der Waals surface area contributed by atoms with Crippen molar-refractivity contribution in [2.75, 3.05) is 0 Å². The number of phosphoric ester groups is 1. The van der Waals surface area contributed by atoms with Crippen molar-refractivity contribution in [1.82, 2.24) is 0 Å². The van der Waals surface area contributed by atoms with Crippen molar-refractivity contribution in [2.45, 2.75) is 98.4 Å². The Bertz CT molecular complexity index is 511. The number of hydrogen-bond acceptors (Lipinski definition) is 4. The minimum absolute atomic E-state index is 0.209. The fraction of sp³-hybridized carbons (Fsp3) is 0.750. The maximum absolute atomic E-state index is 13.9. The molecule has 29 heavy (non-hydrogen) atoms. The zero-order chi connectivity index (χ0) is 23.1. The maximum Gasteiger partial charge on any atom is 0.476 e. The Morgan fingerprint density at radius 3 is 1.03 bits per heavy atom. The van der Waals surface area contributed by atoms with Gasteiger partial charge in [0.1, 0.15) is 0 Å². The molecule has 0 aliphatic carbocycles. The summed E-state index contributed by atoms with van der Waals surface area (Å²) in [7, 11) is -3.89. The van der Waals surface area contributed by atoms with Crippen LogP contribution in [0, 0.1) is 17.8 Å². The lowest BCUT2D eigenvalue weighted by Gasteiger charge is -2.39. The average molecular weight is 429 g/mol. The van der Waals surface area contributed by atoms with Crippen LogP contribution in [0.5, 0.6) is 0 Å². The second kappa shape index (κ2) is 11.1. The van der Waals surface area contributed by atoms with Crippen LogP contribution in [0.2, 0.25) is 0 Å². The van der Waals surface area contributed by atoms with Gasteiger partial charge in [-0.25, -0.2) is 4.57 Å². The molecular formula is C24H45O4P. The average Bonchev–Trinajstić information content (AvgIpc) is 2.50. The predicted molar refractivity (Wildman–Crippen MR) is 125 cm³/mol. The monoisotopic (exact) mass is 428 g/mol. The van der Waals surface area contributed by atoms with Crippen LogP contribution in [0.15, 0.2) is 38.0 Å². The van der Waals surface area contributed by atoms with Crippen LogP contribution in [-0.4, -0.2) is 16.8 Å². The Hall–Kier alpha value is -0.670. The largest absolute Gasteiger partial charge is 0.476 e. The molecule has 4 nitrogen and oxygen atoms in total. The van der Waals surface area contributed by atoms with Crippen molar-refractivity contribution in [3.8, 4) is 0 Å². The van der Waals surface area contributed by atoms with Gasteiger partial charge in [0.25, 0.3) is 0 Å². The Balaban J connectivity index is 5.78. The number of phosphoric acid groups is 1. The molecule has 0 aromatic heterocycles. The number of rotatable bonds is 15. The van der Waals surface area contributed by atoms with E-state index in [0.29, 0.717) is 19.3 Å². The van der Waals surface area contributed by atoms with Crippen molar-refractivity contribution >= 4 is 7.82 Å². The third-order valence-corrected chi connectivity index (χ3v) is 6.88. The summed E-state index contributed by atoms with van der Waals surface area (Å²) in [4.78, 5) is 0. The van der Waals surface area contributed by atoms with Gasteiger partial charge in [-0.05, 0) is 78.6 Å². The summed E-state index contributed by atoms with van der Waals surface area (Å²) >= 11 is 0. The van der Waals surface area contributed by atoms with Gasteiger partial charge in [-0.2, -0.15) is 0 Å². The molecule has 0 aliphatic rings. The van der Waals surface area contributed by atoms with E-state index in [0.717, 1.165) is 0 Å². The van der Waals surface area contributed by atoms with Gasteiger partial charge in [0.05, 0.1) is 16.8 Å². The molecule has 0 bridgehead atoms. The fourth-order valence-corrected chi connectivity index (χ4v) is 5.80. The summed E-state index contributed by atoms with van der Waals surface area (Å²) in [6.07, 6.45) is 7.55. The quantitative estimate of drug-likeness (QED) is 0.195. The second-order valence-corrected chi connectivity index (χ2v) is 11.7. The summed E-state index contributed by atoms with van der Waals surface area (Å²) in [5.74, 6) is 0.628. The van der Waals surface area contributed by atoms with Gasteiger partial charge in [0.15, 0.2) is 0 Å². The third kappa shape index (κ3) is 11.9. The molecule has 0 fully saturated rings. The maximum atomic E-state index is 13.9. The number of hydrogen-bond donors (Lipinski definition) is 0. The molecule has 0 amide bonds. The van der Waals surface area contributed by atoms with Gasteiger partial charge in [0, 0.05) is 0 Å². The topological polar surface area (TPSA) is 44.8 Å². The molecule has 3 unspecified atom stereocenters. The van der Waals surface area contributed by atoms with Crippen LogP contribution in [0.3, 0.4) is 0 Å². The normalized spacial score (nSPS) is 18.4. The minimum atomic E-state index is -3.89. The molecular weight excluding hydrogens is 383 g/mol. The standard InChI is InChI=1S/C24H45O4P/c1-13-19(4)16-22(7,8)26-29(25,27-23(9,10)17-20(5)14-2)28-24(11,12)18-21(6)15-3/h13-15,19-21H,1-3,16-18H2,4-12H3. The molecule has 0 saturated heterocycles. The highest BCUT2D eigenvalue weighted by atomic mass is 31.2. The minimum Gasteiger partial charge on any atom is -0.281 e. The second-order valence-electron chi connectivity index (χ2n) is 10.3. The summed E-state index contributed by atoms with van der Waals surface area (Å²) in [6.45, 7) is 29.1. The SMILES string of the molecule is C=CC(C)CC(C)(C)OP(=O)(OC(C)(C)CC(C)C=C)OC(C)(C)CC(C)C=C. The van der Waals surface area contributed by atoms with Crippen molar-refractivity contribution in [2.24, 2.45) is 17.8 Å². The Morgan fingerprint density at radius 2 is 0.862 bits per heavy atom. The molecule has 0 aliphatic heterocycles. The first kappa shape index (κ1) is 28.3. The van der Waals surface area contributed by atoms with E-state index in [-0.39, 0.29) is 17.8 Å². The lowest BCUT2D eigenvalue weighted by atomic mass is 9.95. The summed E-state index contributed by atoms with van der Waals surface area (Å²) in [6, 6.07) is 0. The van der Waals surface area contributed by atoms with Gasteiger partial charge < -0.3 is 0 Å². The van der Waals surface area contributed by atoms with Crippen molar-refractivity contribution in [3.63, 3.8) is 0 Å². The van der Waals surface area contributed by atoms with Gasteiger partial charge >= 0.3 is 7.82 Å². The summed E-state index contributed by atoms with van der Waals surface area (Å²) in [5.41, 5.74) is -2.11. The van der Waals surface area contributed by atoms with Crippen LogP contribution in [0.1, 0.15) is 81.6 Å². The van der Waals surface area contributed by atoms with E-state index in [1.807, 2.05) is 59.8 Å². The Labute approximate surface area is 180 Å². The molecule has 5 heteroatoms. The van der Waals surface area contributed by atoms with Gasteiger partial charge in [-0.1, -0.05) is 39.0 Å². The fourth-order valence-electron chi connectivity index (χ4n) is 3.65. The van der Waals surface area contributed by atoms with E-state index in [1.165, 1.54) is 0 Å². The van der Waals surface area contributed by atoms with E-state index in [4.69, 9.17) is 13.6 Å². The van der Waals surface area contributed by atoms with Crippen molar-refractivity contribution < 1.29 is 18.1 Å². The molecule has 0 spiro atoms. The summed E-state index contributed by atoms with van der Waals surface area (Å²) in [5, 5.41) is 0. The highest BCUT2D eigenvalue weighted by Crippen LogP contribution is 2.59. The number of allylic oxidation sites excluding steroid dienone is 3. The van der Waals surface area contributed by atoms with Crippen LogP contribution in [0.4, 0.5) is 0 Å². The first-order valence-electron chi connectivity index (χ1n) is 10.6. The van der Waals surface area contributed by atoms with E-state index >= 15 is 0 Å². The van der Waals surface area contributed by atoms with Crippen LogP contribution in [0.25, 0.3) is 0 Å². The molecule has 0 aromatic carbocycles. The predicted octanol–water partition coefficient (Wildman–Crippen LogP) is 8.12. The smallest absolute Gasteiger partial charge is 0.281 e. The molecule has 0 radical (unpaired) electrons. The zero-order valence-corrected chi connectivity index (χ0v) is 21.2. The third-order valence-electron chi connectivity index (χ3n) is 4.72. The lowest BCUT2D eigenvalue weighted by molar-refractivity contribution is -0.0523. The van der Waals surface area contributed by atoms with Gasteiger partial charge in [-0.15, -0.1) is 19.7 Å². The Morgan fingerprint density at radius 1 is 0.655 bits per heavy atom. The zero-order valence-electron chi connectivity index (χ0n) is 20.3. The van der Waals surface area contributed by atoms with Crippen molar-refractivity contribution in [1.29, 1.82) is 0 Å². The Kier molecular flexibility index (Phi) is 10.8. The highest BCUT2D eigenvalue weighted by molar-refractivity contribution is 7.48. The molecule has 0 heterocycles. The van der Waals surface area contributed by atoms with Crippen LogP contribution >= 0.6 is 7.82 Å². The van der Waals surface area contributed by atoms with E-state index in [9.17, 15) is 4.57 Å². The molecule has 3 atom stereocenters. The van der Waals surface area contributed by atoms with Crippen molar-refractivity contribution in [3.05, 3.63) is 38.0 Å². The van der Waals surface area contributed by atoms with Crippen LogP contribution < -0.4 is 0 Å². The molecule has 0 saturated carbocycles. The summed E-state index contributed by atoms with van der Waals surface area (Å²) < 4.78 is 32.3. The lowest BCUT2D eigenvalue weighted by Crippen LogP contribution is -2.34. The van der Waals surface area contributed by atoms with Crippen LogP contribution in [-0.2, 0) is 18.1 Å². The van der Waals surface area contributed by atoms with Gasteiger partial charge in [-0.3, -0.25) is 13.6 Å². The molecule has 0 aromatic rings. The van der Waals surface area contributed by atoms with E-state index in [1.54, 1.807) is 0 Å². The van der Waals surface area contributed by atoms with E-state index < -0.39 is 24.6 Å².